The largest absolute Gasteiger partial charge is 0.497 e. The summed E-state index contributed by atoms with van der Waals surface area (Å²) in [6, 6.07) is 7.20. The Labute approximate surface area is 160 Å². The normalized spacial score (nSPS) is 16.1. The number of hydrogen-bond donors (Lipinski definition) is 1. The van der Waals surface area contributed by atoms with Crippen LogP contribution in [0.15, 0.2) is 52.9 Å². The fraction of sp³-hybridized carbons (Fsp3) is 0.350. The van der Waals surface area contributed by atoms with Crippen molar-refractivity contribution in [2.45, 2.75) is 19.8 Å². The van der Waals surface area contributed by atoms with Crippen molar-refractivity contribution in [3.8, 4) is 5.75 Å². The van der Waals surface area contributed by atoms with Crippen LogP contribution < -0.4 is 10.1 Å². The van der Waals surface area contributed by atoms with Crippen molar-refractivity contribution in [2.75, 3.05) is 33.1 Å². The monoisotopic (exact) mass is 370 g/mol. The molecule has 27 heavy (non-hydrogen) atoms. The number of nitrogens with one attached hydrogen (secondary N) is 1. The Kier molecular flexibility index (Phi) is 7.16. The van der Waals surface area contributed by atoms with Gasteiger partial charge >= 0.3 is 0 Å². The zero-order valence-corrected chi connectivity index (χ0v) is 16.2. The van der Waals surface area contributed by atoms with Gasteiger partial charge < -0.3 is 19.9 Å². The number of nitrogens with zero attached hydrogens (tertiary/aromatic N) is 3. The highest BCUT2D eigenvalue weighted by Gasteiger charge is 2.26. The van der Waals surface area contributed by atoms with Crippen molar-refractivity contribution in [3.63, 3.8) is 0 Å². The van der Waals surface area contributed by atoms with E-state index in [1.165, 1.54) is 0 Å². The zero-order valence-electron chi connectivity index (χ0n) is 16.2. The van der Waals surface area contributed by atoms with E-state index in [-0.39, 0.29) is 11.8 Å². The summed E-state index contributed by atoms with van der Waals surface area (Å²) >= 11 is 0. The average Bonchev–Trinajstić information content (AvgIpc) is 2.66. The second-order valence-electron chi connectivity index (χ2n) is 6.06. The van der Waals surface area contributed by atoms with Crippen LogP contribution in [-0.2, 0) is 9.59 Å². The van der Waals surface area contributed by atoms with Gasteiger partial charge in [0, 0.05) is 51.2 Å². The SMILES string of the molecule is C/C=C1/C(=O)N(CCCC(=O)Nc2cccc(OC)c2)C=C(/C=N\C)N1C. The lowest BCUT2D eigenvalue weighted by atomic mass is 10.2. The molecule has 0 radical (unpaired) electrons. The van der Waals surface area contributed by atoms with Gasteiger partial charge in [0.1, 0.15) is 11.4 Å². The van der Waals surface area contributed by atoms with Crippen LogP contribution in [0, 0.1) is 0 Å². The number of ether oxygens (including phenoxy) is 1. The van der Waals surface area contributed by atoms with Crippen LogP contribution >= 0.6 is 0 Å². The molecule has 0 spiro atoms. The highest BCUT2D eigenvalue weighted by atomic mass is 16.5. The smallest absolute Gasteiger partial charge is 0.274 e. The maximum atomic E-state index is 12.6. The molecule has 0 unspecified atom stereocenters. The van der Waals surface area contributed by atoms with Crippen molar-refractivity contribution < 1.29 is 14.3 Å². The molecule has 0 saturated heterocycles. The Balaban J connectivity index is 1.94. The fourth-order valence-corrected chi connectivity index (χ4v) is 2.80. The third-order valence-electron chi connectivity index (χ3n) is 4.21. The van der Waals surface area contributed by atoms with Crippen molar-refractivity contribution in [3.05, 3.63) is 47.9 Å². The second-order valence-corrected chi connectivity index (χ2v) is 6.06. The number of carbonyl (C=O) groups excluding carboxylic acids is 2. The summed E-state index contributed by atoms with van der Waals surface area (Å²) in [6.45, 7) is 2.28. The molecule has 7 heteroatoms. The van der Waals surface area contributed by atoms with Gasteiger partial charge in [0.15, 0.2) is 0 Å². The molecule has 2 amide bonds. The number of likely N-dealkylation sites (N-methyl/N-ethyl adjacent to an activating group) is 1. The van der Waals surface area contributed by atoms with Gasteiger partial charge in [-0.25, -0.2) is 0 Å². The number of methoxy groups -OCH3 is 1. The molecule has 1 N–H and O–H groups in total. The van der Waals surface area contributed by atoms with Gasteiger partial charge in [-0.3, -0.25) is 14.6 Å². The molecule has 0 saturated carbocycles. The number of amides is 2. The fourth-order valence-electron chi connectivity index (χ4n) is 2.80. The van der Waals surface area contributed by atoms with Gasteiger partial charge in [-0.2, -0.15) is 0 Å². The van der Waals surface area contributed by atoms with E-state index in [1.54, 1.807) is 48.5 Å². The summed E-state index contributed by atoms with van der Waals surface area (Å²) in [7, 11) is 5.10. The molecule has 1 aliphatic heterocycles. The second kappa shape index (κ2) is 9.56. The topological polar surface area (TPSA) is 74.2 Å². The van der Waals surface area contributed by atoms with Crippen LogP contribution in [0.3, 0.4) is 0 Å². The van der Waals surface area contributed by atoms with Crippen molar-refractivity contribution in [1.82, 2.24) is 9.80 Å². The Morgan fingerprint density at radius 1 is 1.37 bits per heavy atom. The van der Waals surface area contributed by atoms with E-state index >= 15 is 0 Å². The minimum absolute atomic E-state index is 0.0820. The first kappa shape index (κ1) is 20.2. The van der Waals surface area contributed by atoms with E-state index in [0.717, 1.165) is 5.70 Å². The zero-order chi connectivity index (χ0) is 19.8. The number of hydrogen-bond acceptors (Lipinski definition) is 5. The summed E-state index contributed by atoms with van der Waals surface area (Å²) in [4.78, 5) is 32.2. The van der Waals surface area contributed by atoms with Gasteiger partial charge in [-0.05, 0) is 25.5 Å². The number of anilines is 1. The van der Waals surface area contributed by atoms with E-state index in [1.807, 2.05) is 32.2 Å². The van der Waals surface area contributed by atoms with Crippen LogP contribution in [0.4, 0.5) is 5.69 Å². The average molecular weight is 370 g/mol. The van der Waals surface area contributed by atoms with Crippen molar-refractivity contribution in [1.29, 1.82) is 0 Å². The first-order valence-corrected chi connectivity index (χ1v) is 8.79. The van der Waals surface area contributed by atoms with Crippen molar-refractivity contribution in [2.24, 2.45) is 4.99 Å². The summed E-state index contributed by atoms with van der Waals surface area (Å²) in [5.74, 6) is 0.502. The Bertz CT molecular complexity index is 783. The molecule has 1 aromatic carbocycles. The number of benzene rings is 1. The van der Waals surface area contributed by atoms with Crippen LogP contribution in [0.25, 0.3) is 0 Å². The molecular formula is C20H26N4O3. The molecule has 0 bridgehead atoms. The summed E-state index contributed by atoms with van der Waals surface area (Å²) in [6.07, 6.45) is 6.12. The first-order chi connectivity index (χ1) is 13.0. The van der Waals surface area contributed by atoms with Gasteiger partial charge in [-0.15, -0.1) is 0 Å². The minimum Gasteiger partial charge on any atom is -0.497 e. The standard InChI is InChI=1S/C20H26N4O3/c1-5-18-20(26)24(14-16(13-21-2)23(18)3)11-7-10-19(25)22-15-8-6-9-17(12-15)27-4/h5-6,8-9,12-14H,7,10-11H2,1-4H3,(H,22,25)/b18-5-,21-13-. The highest BCUT2D eigenvalue weighted by molar-refractivity contribution is 5.97. The van der Waals surface area contributed by atoms with E-state index in [4.69, 9.17) is 4.74 Å². The van der Waals surface area contributed by atoms with Crippen LogP contribution in [0.2, 0.25) is 0 Å². The van der Waals surface area contributed by atoms with Gasteiger partial charge in [0.2, 0.25) is 5.91 Å². The Morgan fingerprint density at radius 2 is 2.15 bits per heavy atom. The van der Waals surface area contributed by atoms with E-state index in [9.17, 15) is 9.59 Å². The van der Waals surface area contributed by atoms with Gasteiger partial charge in [0.25, 0.3) is 5.91 Å². The molecular weight excluding hydrogens is 344 g/mol. The molecule has 144 valence electrons. The lowest BCUT2D eigenvalue weighted by Gasteiger charge is -2.33. The number of rotatable bonds is 7. The highest BCUT2D eigenvalue weighted by Crippen LogP contribution is 2.20. The van der Waals surface area contributed by atoms with Crippen LogP contribution in [0.5, 0.6) is 5.75 Å². The lowest BCUT2D eigenvalue weighted by Crippen LogP contribution is -2.40. The maximum absolute atomic E-state index is 12.6. The summed E-state index contributed by atoms with van der Waals surface area (Å²) in [5, 5.41) is 2.84. The molecule has 1 aliphatic rings. The van der Waals surface area contributed by atoms with E-state index in [2.05, 4.69) is 10.3 Å². The molecule has 2 rings (SSSR count). The first-order valence-electron chi connectivity index (χ1n) is 8.79. The Morgan fingerprint density at radius 3 is 2.81 bits per heavy atom. The summed E-state index contributed by atoms with van der Waals surface area (Å²) in [5.41, 5.74) is 2.10. The summed E-state index contributed by atoms with van der Waals surface area (Å²) < 4.78 is 5.15. The third kappa shape index (κ3) is 5.20. The molecule has 7 nitrogen and oxygen atoms in total. The molecule has 1 heterocycles. The van der Waals surface area contributed by atoms with Crippen LogP contribution in [0.1, 0.15) is 19.8 Å². The molecule has 0 aromatic heterocycles. The van der Waals surface area contributed by atoms with E-state index in [0.29, 0.717) is 36.5 Å². The molecule has 0 fully saturated rings. The number of carbonyl (C=O) groups is 2. The quantitative estimate of drug-likeness (QED) is 0.591. The van der Waals surface area contributed by atoms with Gasteiger partial charge in [0.05, 0.1) is 12.8 Å². The predicted molar refractivity (Wildman–Crippen MR) is 107 cm³/mol. The molecule has 1 aromatic rings. The number of allylic oxidation sites excluding steroid dienone is 2. The predicted octanol–water partition coefficient (Wildman–Crippen LogP) is 2.63. The van der Waals surface area contributed by atoms with Crippen molar-refractivity contribution >= 4 is 23.7 Å². The molecule has 0 atom stereocenters. The third-order valence-corrected chi connectivity index (χ3v) is 4.21. The number of aliphatic imine (C=N–C) groups is 1. The Hall–Kier alpha value is -3.09. The maximum Gasteiger partial charge on any atom is 0.274 e. The van der Waals surface area contributed by atoms with Crippen LogP contribution in [-0.4, -0.2) is 55.6 Å². The van der Waals surface area contributed by atoms with Gasteiger partial charge in [-0.1, -0.05) is 12.1 Å². The minimum atomic E-state index is -0.101. The van der Waals surface area contributed by atoms with E-state index < -0.39 is 0 Å². The lowest BCUT2D eigenvalue weighted by molar-refractivity contribution is -0.127. The molecule has 0 aliphatic carbocycles.